The van der Waals surface area contributed by atoms with Crippen LogP contribution in [0.3, 0.4) is 0 Å². The van der Waals surface area contributed by atoms with Crippen molar-refractivity contribution in [3.8, 4) is 5.75 Å². The van der Waals surface area contributed by atoms with Crippen LogP contribution < -0.4 is 14.4 Å². The fourth-order valence-corrected chi connectivity index (χ4v) is 6.70. The van der Waals surface area contributed by atoms with Gasteiger partial charge in [-0.3, -0.25) is 13.9 Å². The first kappa shape index (κ1) is 35.7. The SMILES string of the molecule is CCOc1ccc(N(CC(=O)N(Cc2ccc(C)cc2)[C@@H](Cc2ccccc2)C(=O)N[C@@H](C)CC)S(=O)(=O)c2ccc(Br)cc2)cc1. The van der Waals surface area contributed by atoms with E-state index in [1.165, 1.54) is 17.0 Å². The van der Waals surface area contributed by atoms with Crippen LogP contribution in [0.4, 0.5) is 5.69 Å². The van der Waals surface area contributed by atoms with E-state index < -0.39 is 28.5 Å². The Hall–Kier alpha value is -4.15. The van der Waals surface area contributed by atoms with Crippen molar-refractivity contribution in [2.24, 2.45) is 0 Å². The minimum absolute atomic E-state index is 0.0304. The summed E-state index contributed by atoms with van der Waals surface area (Å²) in [6, 6.07) is 29.1. The molecular formula is C37H42BrN3O5S. The van der Waals surface area contributed by atoms with E-state index in [0.717, 1.165) is 25.5 Å². The highest BCUT2D eigenvalue weighted by molar-refractivity contribution is 9.10. The van der Waals surface area contributed by atoms with Crippen molar-refractivity contribution in [2.45, 2.75) is 64.1 Å². The summed E-state index contributed by atoms with van der Waals surface area (Å²) in [7, 11) is -4.21. The molecule has 4 aromatic rings. The summed E-state index contributed by atoms with van der Waals surface area (Å²) in [5.41, 5.74) is 3.05. The number of benzene rings is 4. The van der Waals surface area contributed by atoms with Crippen LogP contribution in [-0.4, -0.2) is 50.4 Å². The van der Waals surface area contributed by atoms with Gasteiger partial charge in [-0.25, -0.2) is 8.42 Å². The number of carbonyl (C=O) groups excluding carboxylic acids is 2. The highest BCUT2D eigenvalue weighted by Gasteiger charge is 2.35. The minimum atomic E-state index is -4.21. The molecule has 0 saturated heterocycles. The quantitative estimate of drug-likeness (QED) is 0.144. The van der Waals surface area contributed by atoms with E-state index in [1.807, 2.05) is 82.3 Å². The average molecular weight is 721 g/mol. The van der Waals surface area contributed by atoms with Crippen LogP contribution in [0.15, 0.2) is 112 Å². The maximum absolute atomic E-state index is 14.6. The molecule has 0 saturated carbocycles. The van der Waals surface area contributed by atoms with E-state index in [1.54, 1.807) is 36.4 Å². The first-order chi connectivity index (χ1) is 22.5. The second-order valence-corrected chi connectivity index (χ2v) is 14.2. The molecule has 248 valence electrons. The van der Waals surface area contributed by atoms with Crippen molar-refractivity contribution in [3.63, 3.8) is 0 Å². The summed E-state index contributed by atoms with van der Waals surface area (Å²) < 4.78 is 35.8. The second-order valence-electron chi connectivity index (χ2n) is 11.4. The largest absolute Gasteiger partial charge is 0.494 e. The number of ether oxygens (including phenoxy) is 1. The van der Waals surface area contributed by atoms with E-state index in [2.05, 4.69) is 21.2 Å². The number of anilines is 1. The summed E-state index contributed by atoms with van der Waals surface area (Å²) in [5, 5.41) is 3.06. The number of nitrogens with one attached hydrogen (secondary N) is 1. The molecule has 1 N–H and O–H groups in total. The molecule has 0 aliphatic rings. The van der Waals surface area contributed by atoms with Crippen LogP contribution >= 0.6 is 15.9 Å². The molecule has 4 aromatic carbocycles. The Morgan fingerprint density at radius 3 is 2.09 bits per heavy atom. The monoisotopic (exact) mass is 719 g/mol. The molecule has 10 heteroatoms. The molecule has 0 fully saturated rings. The fourth-order valence-electron chi connectivity index (χ4n) is 5.02. The molecule has 0 radical (unpaired) electrons. The van der Waals surface area contributed by atoms with Crippen molar-refractivity contribution >= 4 is 43.5 Å². The van der Waals surface area contributed by atoms with E-state index in [4.69, 9.17) is 4.74 Å². The molecule has 0 unspecified atom stereocenters. The highest BCUT2D eigenvalue weighted by atomic mass is 79.9. The topological polar surface area (TPSA) is 96.0 Å². The molecule has 0 aliphatic carbocycles. The Balaban J connectivity index is 1.80. The van der Waals surface area contributed by atoms with Gasteiger partial charge >= 0.3 is 0 Å². The van der Waals surface area contributed by atoms with Gasteiger partial charge in [-0.05, 0) is 86.8 Å². The van der Waals surface area contributed by atoms with Gasteiger partial charge in [-0.2, -0.15) is 0 Å². The number of nitrogens with zero attached hydrogens (tertiary/aromatic N) is 2. The van der Waals surface area contributed by atoms with E-state index in [-0.39, 0.29) is 29.8 Å². The Bertz CT molecular complexity index is 1720. The van der Waals surface area contributed by atoms with Crippen LogP contribution in [0.25, 0.3) is 0 Å². The van der Waals surface area contributed by atoms with Gasteiger partial charge < -0.3 is 15.0 Å². The zero-order valence-corrected chi connectivity index (χ0v) is 29.6. The molecule has 8 nitrogen and oxygen atoms in total. The molecule has 0 bridgehead atoms. The van der Waals surface area contributed by atoms with E-state index in [0.29, 0.717) is 24.5 Å². The number of halogens is 1. The third-order valence-electron chi connectivity index (χ3n) is 7.86. The number of amides is 2. The molecule has 4 rings (SSSR count). The van der Waals surface area contributed by atoms with Crippen LogP contribution in [0, 0.1) is 6.92 Å². The van der Waals surface area contributed by atoms with Crippen LogP contribution in [-0.2, 0) is 32.6 Å². The minimum Gasteiger partial charge on any atom is -0.494 e. The number of aryl methyl sites for hydroxylation is 1. The molecule has 2 atom stereocenters. The van der Waals surface area contributed by atoms with Gasteiger partial charge in [0.25, 0.3) is 10.0 Å². The summed E-state index contributed by atoms with van der Waals surface area (Å²) >= 11 is 3.37. The number of carbonyl (C=O) groups is 2. The van der Waals surface area contributed by atoms with Crippen LogP contribution in [0.5, 0.6) is 5.75 Å². The normalized spacial score (nSPS) is 12.5. The summed E-state index contributed by atoms with van der Waals surface area (Å²) in [4.78, 5) is 30.1. The maximum Gasteiger partial charge on any atom is 0.264 e. The summed E-state index contributed by atoms with van der Waals surface area (Å²) in [5.74, 6) is -0.235. The van der Waals surface area contributed by atoms with Gasteiger partial charge in [-0.15, -0.1) is 0 Å². The molecule has 47 heavy (non-hydrogen) atoms. The van der Waals surface area contributed by atoms with Crippen molar-refractivity contribution in [3.05, 3.63) is 124 Å². The molecule has 0 aliphatic heterocycles. The van der Waals surface area contributed by atoms with Crippen molar-refractivity contribution < 1.29 is 22.7 Å². The Kier molecular flexibility index (Phi) is 12.6. The zero-order valence-electron chi connectivity index (χ0n) is 27.2. The molecule has 0 heterocycles. The lowest BCUT2D eigenvalue weighted by Crippen LogP contribution is -2.54. The van der Waals surface area contributed by atoms with Crippen molar-refractivity contribution in [1.29, 1.82) is 0 Å². The van der Waals surface area contributed by atoms with Crippen LogP contribution in [0.2, 0.25) is 0 Å². The third-order valence-corrected chi connectivity index (χ3v) is 10.2. The van der Waals surface area contributed by atoms with Crippen LogP contribution in [0.1, 0.15) is 43.9 Å². The van der Waals surface area contributed by atoms with Crippen molar-refractivity contribution in [1.82, 2.24) is 10.2 Å². The predicted molar refractivity (Wildman–Crippen MR) is 190 cm³/mol. The predicted octanol–water partition coefficient (Wildman–Crippen LogP) is 6.91. The van der Waals surface area contributed by atoms with Crippen molar-refractivity contribution in [2.75, 3.05) is 17.5 Å². The molecular weight excluding hydrogens is 678 g/mol. The molecule has 0 aromatic heterocycles. The fraction of sp³-hybridized carbons (Fsp3) is 0.297. The van der Waals surface area contributed by atoms with Gasteiger partial charge in [0.2, 0.25) is 11.8 Å². The lowest BCUT2D eigenvalue weighted by atomic mass is 10.0. The second kappa shape index (κ2) is 16.6. The lowest BCUT2D eigenvalue weighted by molar-refractivity contribution is -0.140. The van der Waals surface area contributed by atoms with E-state index in [9.17, 15) is 18.0 Å². The molecule has 2 amide bonds. The Labute approximate surface area is 286 Å². The smallest absolute Gasteiger partial charge is 0.264 e. The molecule has 0 spiro atoms. The Morgan fingerprint density at radius 2 is 1.49 bits per heavy atom. The van der Waals surface area contributed by atoms with Gasteiger partial charge in [0.15, 0.2) is 0 Å². The standard InChI is InChI=1S/C37H42BrN3O5S/c1-5-28(4)39-37(43)35(24-29-10-8-7-9-11-29)40(25-30-14-12-27(3)13-15-30)36(42)26-41(32-18-20-33(21-19-32)46-6-2)47(44,45)34-22-16-31(38)17-23-34/h7-23,28,35H,5-6,24-26H2,1-4H3,(H,39,43)/t28-,35-/m0/s1. The number of rotatable bonds is 15. The zero-order chi connectivity index (χ0) is 34.0. The van der Waals surface area contributed by atoms with Gasteiger partial charge in [0.05, 0.1) is 17.2 Å². The number of hydrogen-bond acceptors (Lipinski definition) is 5. The van der Waals surface area contributed by atoms with E-state index >= 15 is 0 Å². The number of sulfonamides is 1. The van der Waals surface area contributed by atoms with Gasteiger partial charge in [0, 0.05) is 23.5 Å². The maximum atomic E-state index is 14.6. The summed E-state index contributed by atoms with van der Waals surface area (Å²) in [6.07, 6.45) is 0.968. The third kappa shape index (κ3) is 9.68. The first-order valence-electron chi connectivity index (χ1n) is 15.7. The number of hydrogen-bond donors (Lipinski definition) is 1. The highest BCUT2D eigenvalue weighted by Crippen LogP contribution is 2.28. The average Bonchev–Trinajstić information content (AvgIpc) is 3.07. The Morgan fingerprint density at radius 1 is 0.851 bits per heavy atom. The van der Waals surface area contributed by atoms with Gasteiger partial charge in [-0.1, -0.05) is 83.0 Å². The first-order valence-corrected chi connectivity index (χ1v) is 18.0. The summed E-state index contributed by atoms with van der Waals surface area (Å²) in [6.45, 7) is 7.78. The lowest BCUT2D eigenvalue weighted by Gasteiger charge is -2.34. The van der Waals surface area contributed by atoms with Gasteiger partial charge in [0.1, 0.15) is 18.3 Å².